The highest BCUT2D eigenvalue weighted by Crippen LogP contribution is 2.43. The highest BCUT2D eigenvalue weighted by molar-refractivity contribution is 5.93. The van der Waals surface area contributed by atoms with E-state index in [1.807, 2.05) is 26.8 Å². The molecule has 1 aliphatic heterocycles. The Bertz CT molecular complexity index is 1070. The number of fused-ring (bicyclic) bond motifs is 2. The largest absolute Gasteiger partial charge is 0.481 e. The van der Waals surface area contributed by atoms with Gasteiger partial charge in [0.2, 0.25) is 0 Å². The fourth-order valence-electron chi connectivity index (χ4n) is 4.10. The number of allylic oxidation sites excluding steroid dienone is 1. The molecule has 8 heteroatoms. The molecule has 30 heavy (non-hydrogen) atoms. The van der Waals surface area contributed by atoms with Crippen LogP contribution in [0.1, 0.15) is 57.6 Å². The lowest BCUT2D eigenvalue weighted by Crippen LogP contribution is -2.45. The second kappa shape index (κ2) is 7.81. The zero-order chi connectivity index (χ0) is 22.3. The molecule has 0 saturated heterocycles. The molecule has 0 amide bonds. The van der Waals surface area contributed by atoms with Crippen molar-refractivity contribution in [2.75, 3.05) is 11.4 Å². The van der Waals surface area contributed by atoms with Crippen molar-refractivity contribution in [2.24, 2.45) is 0 Å². The minimum absolute atomic E-state index is 0.102. The zero-order valence-electron chi connectivity index (χ0n) is 17.1. The van der Waals surface area contributed by atoms with Gasteiger partial charge in [0.15, 0.2) is 0 Å². The average Bonchev–Trinajstić information content (AvgIpc) is 2.60. The molecule has 1 aliphatic rings. The molecule has 2 aromatic rings. The van der Waals surface area contributed by atoms with Crippen LogP contribution in [0.15, 0.2) is 33.5 Å². The molecule has 1 aromatic carbocycles. The predicted octanol–water partition coefficient (Wildman–Crippen LogP) is 5.46. The molecule has 1 N–H and O–H groups in total. The summed E-state index contributed by atoms with van der Waals surface area (Å²) in [6.07, 6.45) is -0.546. The molecule has 1 aromatic heterocycles. The number of nitrogens with zero attached hydrogens (tertiary/aromatic N) is 1. The molecule has 0 atom stereocenters. The van der Waals surface area contributed by atoms with Crippen LogP contribution in [0.5, 0.6) is 0 Å². The summed E-state index contributed by atoms with van der Waals surface area (Å²) in [6, 6.07) is 3.44. The third kappa shape index (κ3) is 4.37. The lowest BCUT2D eigenvalue weighted by Gasteiger charge is -2.43. The van der Waals surface area contributed by atoms with Crippen LogP contribution < -0.4 is 10.5 Å². The van der Waals surface area contributed by atoms with Crippen LogP contribution in [-0.4, -0.2) is 23.2 Å². The van der Waals surface area contributed by atoms with E-state index in [-0.39, 0.29) is 17.4 Å². The maximum Gasteiger partial charge on any atom is 0.417 e. The summed E-state index contributed by atoms with van der Waals surface area (Å²) in [5.74, 6) is -0.834. The van der Waals surface area contributed by atoms with E-state index in [9.17, 15) is 22.8 Å². The van der Waals surface area contributed by atoms with Gasteiger partial charge >= 0.3 is 17.8 Å². The van der Waals surface area contributed by atoms with Gasteiger partial charge in [0, 0.05) is 41.7 Å². The molecule has 0 fully saturated rings. The Kier molecular flexibility index (Phi) is 5.71. The van der Waals surface area contributed by atoms with Gasteiger partial charge in [0.05, 0.1) is 11.1 Å². The van der Waals surface area contributed by atoms with Gasteiger partial charge in [0.1, 0.15) is 5.58 Å². The Morgan fingerprint density at radius 2 is 1.87 bits per heavy atom. The highest BCUT2D eigenvalue weighted by atomic mass is 19.4. The van der Waals surface area contributed by atoms with Gasteiger partial charge in [-0.3, -0.25) is 4.79 Å². The van der Waals surface area contributed by atoms with Crippen molar-refractivity contribution in [3.05, 3.63) is 45.8 Å². The number of hydrogen-bond donors (Lipinski definition) is 1. The maximum absolute atomic E-state index is 13.5. The monoisotopic (exact) mass is 423 g/mol. The molecule has 162 valence electrons. The number of carbonyl (C=O) groups is 1. The molecule has 0 aliphatic carbocycles. The van der Waals surface area contributed by atoms with Crippen LogP contribution in [-0.2, 0) is 11.0 Å². The normalized spacial score (nSPS) is 15.8. The van der Waals surface area contributed by atoms with Gasteiger partial charge in [-0.1, -0.05) is 12.5 Å². The number of carboxylic acids is 1. The van der Waals surface area contributed by atoms with Crippen LogP contribution in [0.2, 0.25) is 0 Å². The number of aliphatic carboxylic acids is 1. The number of anilines is 1. The van der Waals surface area contributed by atoms with Gasteiger partial charge in [0.25, 0.3) is 0 Å². The fraction of sp³-hybridized carbons (Fsp3) is 0.455. The van der Waals surface area contributed by atoms with Crippen LogP contribution in [0, 0.1) is 0 Å². The van der Waals surface area contributed by atoms with Gasteiger partial charge in [-0.25, -0.2) is 4.79 Å². The van der Waals surface area contributed by atoms with Gasteiger partial charge < -0.3 is 14.4 Å². The summed E-state index contributed by atoms with van der Waals surface area (Å²) in [4.78, 5) is 24.5. The van der Waals surface area contributed by atoms with Crippen molar-refractivity contribution in [3.8, 4) is 0 Å². The zero-order valence-corrected chi connectivity index (χ0v) is 17.1. The van der Waals surface area contributed by atoms with Crippen molar-refractivity contribution in [2.45, 2.75) is 58.2 Å². The van der Waals surface area contributed by atoms with Gasteiger partial charge in [-0.05, 0) is 45.3 Å². The molecule has 0 bridgehead atoms. The second-order valence-electron chi connectivity index (χ2n) is 8.18. The molecule has 0 unspecified atom stereocenters. The molecule has 0 saturated carbocycles. The second-order valence-corrected chi connectivity index (χ2v) is 8.18. The number of hydrogen-bond acceptors (Lipinski definition) is 4. The molecule has 0 radical (unpaired) electrons. The van der Waals surface area contributed by atoms with E-state index < -0.39 is 28.9 Å². The number of rotatable bonds is 6. The third-order valence-corrected chi connectivity index (χ3v) is 5.42. The van der Waals surface area contributed by atoms with E-state index in [1.165, 1.54) is 12.1 Å². The van der Waals surface area contributed by atoms with E-state index in [4.69, 9.17) is 9.52 Å². The number of alkyl halides is 3. The molecular formula is C22H24F3NO4. The van der Waals surface area contributed by atoms with Crippen molar-refractivity contribution < 1.29 is 27.5 Å². The number of carboxylic acid groups (broad SMARTS) is 1. The summed E-state index contributed by atoms with van der Waals surface area (Å²) < 4.78 is 45.5. The topological polar surface area (TPSA) is 70.8 Å². The Hall–Kier alpha value is -2.77. The summed E-state index contributed by atoms with van der Waals surface area (Å²) in [5, 5.41) is 8.63. The number of benzene rings is 1. The fourth-order valence-corrected chi connectivity index (χ4v) is 4.10. The molecule has 2 heterocycles. The summed E-state index contributed by atoms with van der Waals surface area (Å²) >= 11 is 0. The van der Waals surface area contributed by atoms with E-state index in [1.54, 1.807) is 0 Å². The van der Waals surface area contributed by atoms with Crippen molar-refractivity contribution in [3.63, 3.8) is 0 Å². The Morgan fingerprint density at radius 3 is 2.50 bits per heavy atom. The maximum atomic E-state index is 13.5. The Labute approximate surface area is 171 Å². The minimum Gasteiger partial charge on any atom is -0.481 e. The number of halogens is 3. The first-order valence-electron chi connectivity index (χ1n) is 9.78. The SMILES string of the molecule is CC1=CC(C)(C)N(CCCCCC(=O)O)c2cc3oc(=O)cc(C(F)(F)F)c3cc21. The number of unbranched alkanes of at least 4 members (excludes halogenated alkanes) is 2. The van der Waals surface area contributed by atoms with Crippen LogP contribution >= 0.6 is 0 Å². The first kappa shape index (κ1) is 21.9. The first-order valence-corrected chi connectivity index (χ1v) is 9.78. The van der Waals surface area contributed by atoms with Crippen LogP contribution in [0.25, 0.3) is 16.5 Å². The molecule has 5 nitrogen and oxygen atoms in total. The lowest BCUT2D eigenvalue weighted by molar-refractivity contribution is -0.137. The standard InChI is InChI=1S/C22H24F3NO4/c1-13-12-21(2,3)26(8-6-4-5-7-19(27)28)17-11-18-15(9-14(13)17)16(22(23,24)25)10-20(29)30-18/h9-12H,4-8H2,1-3H3,(H,27,28). The lowest BCUT2D eigenvalue weighted by atomic mass is 9.87. The van der Waals surface area contributed by atoms with E-state index in [0.717, 1.165) is 18.4 Å². The molecule has 0 spiro atoms. The smallest absolute Gasteiger partial charge is 0.417 e. The predicted molar refractivity (Wildman–Crippen MR) is 109 cm³/mol. The first-order chi connectivity index (χ1) is 13.9. The highest BCUT2D eigenvalue weighted by Gasteiger charge is 2.36. The van der Waals surface area contributed by atoms with E-state index >= 15 is 0 Å². The average molecular weight is 423 g/mol. The van der Waals surface area contributed by atoms with Crippen molar-refractivity contribution in [1.29, 1.82) is 0 Å². The summed E-state index contributed by atoms with van der Waals surface area (Å²) in [5.41, 5.74) is -0.348. The minimum atomic E-state index is -4.67. The molecule has 3 rings (SSSR count). The Balaban J connectivity index is 2.05. The summed E-state index contributed by atoms with van der Waals surface area (Å²) in [6.45, 7) is 6.45. The summed E-state index contributed by atoms with van der Waals surface area (Å²) in [7, 11) is 0. The van der Waals surface area contributed by atoms with E-state index in [0.29, 0.717) is 30.3 Å². The quantitative estimate of drug-likeness (QED) is 0.494. The van der Waals surface area contributed by atoms with Crippen molar-refractivity contribution >= 4 is 28.2 Å². The van der Waals surface area contributed by atoms with Gasteiger partial charge in [-0.15, -0.1) is 0 Å². The van der Waals surface area contributed by atoms with Gasteiger partial charge in [-0.2, -0.15) is 13.2 Å². The Morgan fingerprint density at radius 1 is 1.17 bits per heavy atom. The third-order valence-electron chi connectivity index (χ3n) is 5.42. The van der Waals surface area contributed by atoms with Crippen LogP contribution in [0.3, 0.4) is 0 Å². The van der Waals surface area contributed by atoms with E-state index in [2.05, 4.69) is 4.90 Å². The molecular weight excluding hydrogens is 399 g/mol. The van der Waals surface area contributed by atoms with Crippen LogP contribution in [0.4, 0.5) is 18.9 Å². The van der Waals surface area contributed by atoms with Crippen molar-refractivity contribution in [1.82, 2.24) is 0 Å².